The first kappa shape index (κ1) is 31.0. The Kier molecular flexibility index (Phi) is 9.15. The molecule has 1 unspecified atom stereocenters. The summed E-state index contributed by atoms with van der Waals surface area (Å²) in [6, 6.07) is 5.44. The van der Waals surface area contributed by atoms with Gasteiger partial charge in [0.15, 0.2) is 0 Å². The minimum atomic E-state index is -3.82. The molecular formula is C29H42N4O7S. The van der Waals surface area contributed by atoms with Gasteiger partial charge in [-0.25, -0.2) is 13.2 Å². The fourth-order valence-corrected chi connectivity index (χ4v) is 6.90. The van der Waals surface area contributed by atoms with Crippen LogP contribution in [0.15, 0.2) is 41.3 Å². The van der Waals surface area contributed by atoms with Gasteiger partial charge < -0.3 is 24.6 Å². The van der Waals surface area contributed by atoms with E-state index in [1.807, 2.05) is 11.8 Å². The van der Waals surface area contributed by atoms with Crippen molar-refractivity contribution in [2.24, 2.45) is 5.41 Å². The molecule has 3 atom stereocenters. The molecule has 0 aliphatic carbocycles. The second-order valence-corrected chi connectivity index (χ2v) is 14.1. The molecule has 3 aliphatic rings. The Morgan fingerprint density at radius 1 is 1.20 bits per heavy atom. The van der Waals surface area contributed by atoms with E-state index in [2.05, 4.69) is 5.32 Å². The van der Waals surface area contributed by atoms with E-state index in [0.29, 0.717) is 32.4 Å². The van der Waals surface area contributed by atoms with Gasteiger partial charge in [-0.05, 0) is 58.2 Å². The number of nitrogens with one attached hydrogen (secondary N) is 1. The minimum Gasteiger partial charge on any atom is -0.444 e. The number of sulfonamides is 1. The molecule has 4 rings (SSSR count). The molecule has 0 saturated carbocycles. The molecule has 1 spiro atoms. The number of benzene rings is 1. The molecule has 2 fully saturated rings. The van der Waals surface area contributed by atoms with Crippen molar-refractivity contribution in [1.82, 2.24) is 19.4 Å². The summed E-state index contributed by atoms with van der Waals surface area (Å²) in [5.74, 6) is -0.483. The Hall–Kier alpha value is -2.96. The third-order valence-corrected chi connectivity index (χ3v) is 9.75. The van der Waals surface area contributed by atoms with Crippen LogP contribution < -0.4 is 5.32 Å². The van der Waals surface area contributed by atoms with E-state index in [9.17, 15) is 22.8 Å². The Morgan fingerprint density at radius 3 is 2.66 bits per heavy atom. The van der Waals surface area contributed by atoms with Crippen molar-refractivity contribution in [1.29, 1.82) is 0 Å². The third-order valence-electron chi connectivity index (χ3n) is 7.93. The first-order valence-corrected chi connectivity index (χ1v) is 15.6. The van der Waals surface area contributed by atoms with Gasteiger partial charge in [-0.1, -0.05) is 25.1 Å². The lowest BCUT2D eigenvalue weighted by molar-refractivity contribution is -0.146. The van der Waals surface area contributed by atoms with Gasteiger partial charge in [-0.15, -0.1) is 0 Å². The molecule has 4 bridgehead atoms. The highest BCUT2D eigenvalue weighted by atomic mass is 32.2. The van der Waals surface area contributed by atoms with Gasteiger partial charge >= 0.3 is 6.09 Å². The van der Waals surface area contributed by atoms with Crippen LogP contribution in [-0.4, -0.2) is 105 Å². The van der Waals surface area contributed by atoms with Gasteiger partial charge in [-0.3, -0.25) is 9.59 Å². The van der Waals surface area contributed by atoms with Crippen LogP contribution in [0, 0.1) is 5.41 Å². The Balaban J connectivity index is 1.64. The molecule has 41 heavy (non-hydrogen) atoms. The molecule has 12 heteroatoms. The number of likely N-dealkylation sites (tertiary alicyclic amines) is 1. The van der Waals surface area contributed by atoms with Crippen LogP contribution in [0.2, 0.25) is 0 Å². The highest BCUT2D eigenvalue weighted by molar-refractivity contribution is 7.89. The van der Waals surface area contributed by atoms with Crippen LogP contribution in [0.25, 0.3) is 0 Å². The first-order chi connectivity index (χ1) is 19.3. The van der Waals surface area contributed by atoms with E-state index < -0.39 is 33.0 Å². The standard InChI is InChI=1S/C29H42N4O7S/c1-6-24-23-12-15-33(24)26(35)29(13-16-32(19-29)27(36)40-28(2,3)4)20-39-17-8-7-14-31(5)41(37,38)22-11-9-10-21(18-22)25(34)30-23/h7-11,18,23-24H,6,12-17,19-20H2,1-5H3,(H,30,34)/b8-7+/t23-,24+,29?/m0/s1. The highest BCUT2D eigenvalue weighted by Crippen LogP contribution is 2.37. The lowest BCUT2D eigenvalue weighted by atomic mass is 9.85. The molecule has 3 amide bonds. The second kappa shape index (κ2) is 12.1. The minimum absolute atomic E-state index is 0.0337. The summed E-state index contributed by atoms with van der Waals surface area (Å²) in [6.45, 7) is 8.75. The number of nitrogens with zero attached hydrogens (tertiary/aromatic N) is 3. The van der Waals surface area contributed by atoms with Crippen LogP contribution in [0.5, 0.6) is 0 Å². The summed E-state index contributed by atoms with van der Waals surface area (Å²) >= 11 is 0. The Bertz CT molecular complexity index is 1290. The van der Waals surface area contributed by atoms with E-state index in [4.69, 9.17) is 9.47 Å². The van der Waals surface area contributed by atoms with E-state index in [1.54, 1.807) is 50.0 Å². The van der Waals surface area contributed by atoms with Gasteiger partial charge in [0.05, 0.1) is 35.6 Å². The molecule has 3 aliphatic heterocycles. The zero-order valence-electron chi connectivity index (χ0n) is 24.6. The number of fused-ring (bicyclic) bond motifs is 4. The summed E-state index contributed by atoms with van der Waals surface area (Å²) in [5, 5.41) is 3.04. The average molecular weight is 591 g/mol. The van der Waals surface area contributed by atoms with Crippen LogP contribution in [0.3, 0.4) is 0 Å². The number of hydrogen-bond donors (Lipinski definition) is 1. The maximum Gasteiger partial charge on any atom is 0.410 e. The predicted molar refractivity (Wildman–Crippen MR) is 153 cm³/mol. The lowest BCUT2D eigenvalue weighted by Crippen LogP contribution is -2.53. The van der Waals surface area contributed by atoms with Gasteiger partial charge in [0.2, 0.25) is 15.9 Å². The Labute approximate surface area is 242 Å². The van der Waals surface area contributed by atoms with E-state index in [1.165, 1.54) is 23.5 Å². The summed E-state index contributed by atoms with van der Waals surface area (Å²) in [5.41, 5.74) is -1.38. The molecular weight excluding hydrogens is 548 g/mol. The molecule has 1 aromatic carbocycles. The van der Waals surface area contributed by atoms with Crippen molar-refractivity contribution < 1.29 is 32.3 Å². The van der Waals surface area contributed by atoms with Gasteiger partial charge in [0.1, 0.15) is 5.60 Å². The van der Waals surface area contributed by atoms with E-state index >= 15 is 0 Å². The van der Waals surface area contributed by atoms with Crippen LogP contribution in [0.4, 0.5) is 4.79 Å². The zero-order valence-corrected chi connectivity index (χ0v) is 25.4. The largest absolute Gasteiger partial charge is 0.444 e. The van der Waals surface area contributed by atoms with E-state index in [0.717, 1.165) is 0 Å². The molecule has 11 nitrogen and oxygen atoms in total. The quantitative estimate of drug-likeness (QED) is 0.499. The maximum absolute atomic E-state index is 14.2. The van der Waals surface area contributed by atoms with Gasteiger partial charge in [0, 0.05) is 38.8 Å². The summed E-state index contributed by atoms with van der Waals surface area (Å²) in [6.07, 6.45) is 4.54. The molecule has 2 saturated heterocycles. The van der Waals surface area contributed by atoms with Crippen molar-refractivity contribution in [2.75, 3.05) is 46.4 Å². The Morgan fingerprint density at radius 2 is 1.95 bits per heavy atom. The topological polar surface area (TPSA) is 126 Å². The van der Waals surface area contributed by atoms with Crippen LogP contribution >= 0.6 is 0 Å². The number of amides is 3. The highest BCUT2D eigenvalue weighted by Gasteiger charge is 2.51. The molecule has 0 aromatic heterocycles. The van der Waals surface area contributed by atoms with Crippen molar-refractivity contribution in [3.05, 3.63) is 42.0 Å². The molecule has 3 heterocycles. The molecule has 1 N–H and O–H groups in total. The number of carbonyl (C=O) groups excluding carboxylic acids is 3. The fraction of sp³-hybridized carbons (Fsp3) is 0.621. The molecule has 1 aromatic rings. The summed E-state index contributed by atoms with van der Waals surface area (Å²) in [4.78, 5) is 43.8. The van der Waals surface area contributed by atoms with Crippen molar-refractivity contribution >= 4 is 27.9 Å². The summed E-state index contributed by atoms with van der Waals surface area (Å²) < 4.78 is 39.0. The normalized spacial score (nSPS) is 28.7. The number of rotatable bonds is 1. The average Bonchev–Trinajstić information content (AvgIpc) is 3.53. The second-order valence-electron chi connectivity index (χ2n) is 12.1. The number of hydrogen-bond acceptors (Lipinski definition) is 7. The molecule has 226 valence electrons. The number of carbonyl (C=O) groups is 3. The van der Waals surface area contributed by atoms with Crippen LogP contribution in [-0.2, 0) is 24.3 Å². The van der Waals surface area contributed by atoms with Gasteiger partial charge in [-0.2, -0.15) is 4.31 Å². The fourth-order valence-electron chi connectivity index (χ4n) is 5.73. The van der Waals surface area contributed by atoms with Crippen molar-refractivity contribution in [3.8, 4) is 0 Å². The maximum atomic E-state index is 14.2. The third kappa shape index (κ3) is 6.76. The zero-order chi connectivity index (χ0) is 30.0. The summed E-state index contributed by atoms with van der Waals surface area (Å²) in [7, 11) is -2.35. The predicted octanol–water partition coefficient (Wildman–Crippen LogP) is 2.63. The SMILES string of the molecule is CC[C@@H]1[C@@H]2CCN1C(=O)C1(CCN(C(=O)OC(C)(C)C)C1)COC/C=C/CN(C)S(=O)(=O)c1cccc(c1)C(=O)N2. The first-order valence-electron chi connectivity index (χ1n) is 14.2. The van der Waals surface area contributed by atoms with Crippen molar-refractivity contribution in [2.45, 2.75) is 69.5 Å². The van der Waals surface area contributed by atoms with Crippen LogP contribution in [0.1, 0.15) is 57.3 Å². The van der Waals surface area contributed by atoms with Crippen molar-refractivity contribution in [3.63, 3.8) is 0 Å². The monoisotopic (exact) mass is 590 g/mol. The van der Waals surface area contributed by atoms with E-state index in [-0.39, 0.29) is 54.8 Å². The smallest absolute Gasteiger partial charge is 0.410 e. The number of ether oxygens (including phenoxy) is 2. The lowest BCUT2D eigenvalue weighted by Gasteiger charge is -2.36. The number of likely N-dealkylation sites (N-methyl/N-ethyl adjacent to an activating group) is 1. The van der Waals surface area contributed by atoms with Gasteiger partial charge in [0.25, 0.3) is 5.91 Å². The molecule has 0 radical (unpaired) electrons.